The van der Waals surface area contributed by atoms with Crippen LogP contribution in [-0.4, -0.2) is 6.18 Å². The molecule has 0 aromatic heterocycles. The SMILES string of the molecule is C=C/C(C)=C\C=C(/C=C)C(F)(F)F. The molecule has 72 valence electrons. The lowest BCUT2D eigenvalue weighted by molar-refractivity contribution is -0.0881. The Kier molecular flexibility index (Phi) is 4.25. The molecule has 0 N–H and O–H groups in total. The van der Waals surface area contributed by atoms with Crippen molar-refractivity contribution in [3.8, 4) is 0 Å². The Morgan fingerprint density at radius 1 is 1.08 bits per heavy atom. The lowest BCUT2D eigenvalue weighted by Crippen LogP contribution is -2.09. The first kappa shape index (κ1) is 11.8. The Bertz CT molecular complexity index is 254. The Morgan fingerprint density at radius 2 is 1.62 bits per heavy atom. The van der Waals surface area contributed by atoms with Gasteiger partial charge in [-0.1, -0.05) is 37.0 Å². The normalized spacial score (nSPS) is 14.2. The lowest BCUT2D eigenvalue weighted by atomic mass is 10.2. The van der Waals surface area contributed by atoms with Crippen LogP contribution in [0.1, 0.15) is 6.92 Å². The summed E-state index contributed by atoms with van der Waals surface area (Å²) in [6.45, 7) is 8.18. The predicted molar refractivity (Wildman–Crippen MR) is 48.3 cm³/mol. The second-order valence-electron chi connectivity index (χ2n) is 2.44. The molecule has 0 aliphatic rings. The van der Waals surface area contributed by atoms with Crippen molar-refractivity contribution in [2.75, 3.05) is 0 Å². The van der Waals surface area contributed by atoms with Gasteiger partial charge in [0.25, 0.3) is 0 Å². The predicted octanol–water partition coefficient (Wildman–Crippen LogP) is 3.79. The van der Waals surface area contributed by atoms with Crippen LogP contribution in [0.4, 0.5) is 13.2 Å². The molecule has 0 aromatic rings. The van der Waals surface area contributed by atoms with Crippen molar-refractivity contribution in [2.45, 2.75) is 13.1 Å². The van der Waals surface area contributed by atoms with Crippen LogP contribution in [0, 0.1) is 0 Å². The zero-order valence-corrected chi connectivity index (χ0v) is 7.36. The number of allylic oxidation sites excluding steroid dienone is 6. The molecule has 0 saturated carbocycles. The molecule has 0 atom stereocenters. The van der Waals surface area contributed by atoms with Crippen LogP contribution in [0.3, 0.4) is 0 Å². The maximum absolute atomic E-state index is 12.1. The average Bonchev–Trinajstić information content (AvgIpc) is 2.02. The smallest absolute Gasteiger partial charge is 0.166 e. The van der Waals surface area contributed by atoms with Crippen LogP contribution in [0.25, 0.3) is 0 Å². The van der Waals surface area contributed by atoms with Crippen LogP contribution >= 0.6 is 0 Å². The standard InChI is InChI=1S/C10H11F3/c1-4-8(3)6-7-9(5-2)10(11,12)13/h4-7H,1-2H2,3H3/b8-6-,9-7+. The summed E-state index contributed by atoms with van der Waals surface area (Å²) in [5.41, 5.74) is -0.0858. The summed E-state index contributed by atoms with van der Waals surface area (Å²) < 4.78 is 36.2. The van der Waals surface area contributed by atoms with Gasteiger partial charge in [0.1, 0.15) is 0 Å². The van der Waals surface area contributed by atoms with E-state index in [-0.39, 0.29) is 0 Å². The highest BCUT2D eigenvalue weighted by Gasteiger charge is 2.30. The van der Waals surface area contributed by atoms with Crippen molar-refractivity contribution in [1.29, 1.82) is 0 Å². The molecule has 13 heavy (non-hydrogen) atoms. The Balaban J connectivity index is 4.79. The third-order valence-electron chi connectivity index (χ3n) is 1.39. The Morgan fingerprint density at radius 3 is 1.92 bits per heavy atom. The molecule has 0 nitrogen and oxygen atoms in total. The van der Waals surface area contributed by atoms with Crippen LogP contribution in [0.15, 0.2) is 48.6 Å². The van der Waals surface area contributed by atoms with Crippen molar-refractivity contribution in [3.05, 3.63) is 48.6 Å². The van der Waals surface area contributed by atoms with Gasteiger partial charge >= 0.3 is 6.18 Å². The van der Waals surface area contributed by atoms with E-state index in [2.05, 4.69) is 13.2 Å². The van der Waals surface area contributed by atoms with E-state index >= 15 is 0 Å². The first-order valence-electron chi connectivity index (χ1n) is 3.62. The maximum atomic E-state index is 12.1. The van der Waals surface area contributed by atoms with Crippen molar-refractivity contribution < 1.29 is 13.2 Å². The van der Waals surface area contributed by atoms with Gasteiger partial charge < -0.3 is 0 Å². The summed E-state index contributed by atoms with van der Waals surface area (Å²) >= 11 is 0. The largest absolute Gasteiger partial charge is 0.416 e. The number of hydrogen-bond donors (Lipinski definition) is 0. The van der Waals surface area contributed by atoms with Gasteiger partial charge in [0.05, 0.1) is 5.57 Å². The molecule has 0 saturated heterocycles. The van der Waals surface area contributed by atoms with E-state index in [9.17, 15) is 13.2 Å². The van der Waals surface area contributed by atoms with Crippen LogP contribution in [0.5, 0.6) is 0 Å². The summed E-state index contributed by atoms with van der Waals surface area (Å²) in [4.78, 5) is 0. The molecule has 0 unspecified atom stereocenters. The molecule has 0 fully saturated rings. The highest BCUT2D eigenvalue weighted by atomic mass is 19.4. The number of halogens is 3. The number of alkyl halides is 3. The van der Waals surface area contributed by atoms with E-state index < -0.39 is 11.7 Å². The number of rotatable bonds is 3. The van der Waals surface area contributed by atoms with Gasteiger partial charge in [0.15, 0.2) is 0 Å². The minimum atomic E-state index is -4.33. The third kappa shape index (κ3) is 4.35. The van der Waals surface area contributed by atoms with E-state index in [4.69, 9.17) is 0 Å². The van der Waals surface area contributed by atoms with Gasteiger partial charge in [-0.25, -0.2) is 0 Å². The molecule has 0 bridgehead atoms. The van der Waals surface area contributed by atoms with E-state index in [0.717, 1.165) is 12.2 Å². The summed E-state index contributed by atoms with van der Waals surface area (Å²) in [5.74, 6) is 0. The van der Waals surface area contributed by atoms with E-state index in [0.29, 0.717) is 5.57 Å². The fraction of sp³-hybridized carbons (Fsp3) is 0.200. The lowest BCUT2D eigenvalue weighted by Gasteiger charge is -2.05. The number of hydrogen-bond acceptors (Lipinski definition) is 0. The molecule has 0 amide bonds. The molecular weight excluding hydrogens is 177 g/mol. The maximum Gasteiger partial charge on any atom is 0.416 e. The second kappa shape index (κ2) is 4.70. The minimum Gasteiger partial charge on any atom is -0.166 e. The Hall–Kier alpha value is -1.25. The van der Waals surface area contributed by atoms with Crippen molar-refractivity contribution >= 4 is 0 Å². The quantitative estimate of drug-likeness (QED) is 0.591. The van der Waals surface area contributed by atoms with Gasteiger partial charge in [-0.15, -0.1) is 0 Å². The highest BCUT2D eigenvalue weighted by Crippen LogP contribution is 2.26. The van der Waals surface area contributed by atoms with Gasteiger partial charge in [0.2, 0.25) is 0 Å². The molecule has 0 aromatic carbocycles. The van der Waals surface area contributed by atoms with E-state index in [1.807, 2.05) is 0 Å². The average molecular weight is 188 g/mol. The van der Waals surface area contributed by atoms with Crippen LogP contribution in [-0.2, 0) is 0 Å². The second-order valence-corrected chi connectivity index (χ2v) is 2.44. The summed E-state index contributed by atoms with van der Waals surface area (Å²) in [6, 6.07) is 0. The van der Waals surface area contributed by atoms with Gasteiger partial charge in [0, 0.05) is 0 Å². The van der Waals surface area contributed by atoms with Crippen LogP contribution < -0.4 is 0 Å². The van der Waals surface area contributed by atoms with Crippen molar-refractivity contribution in [2.24, 2.45) is 0 Å². The molecule has 3 heteroatoms. The van der Waals surface area contributed by atoms with Gasteiger partial charge in [-0.3, -0.25) is 0 Å². The molecular formula is C10H11F3. The molecule has 0 spiro atoms. The highest BCUT2D eigenvalue weighted by molar-refractivity contribution is 5.30. The zero-order valence-electron chi connectivity index (χ0n) is 7.36. The van der Waals surface area contributed by atoms with Gasteiger partial charge in [-0.05, 0) is 13.0 Å². The molecule has 0 radical (unpaired) electrons. The fourth-order valence-corrected chi connectivity index (χ4v) is 0.568. The zero-order chi connectivity index (χ0) is 10.5. The summed E-state index contributed by atoms with van der Waals surface area (Å²) in [6.07, 6.45) is 0.252. The molecule has 0 aliphatic carbocycles. The molecule has 0 rings (SSSR count). The summed E-state index contributed by atoms with van der Waals surface area (Å²) in [5, 5.41) is 0. The van der Waals surface area contributed by atoms with E-state index in [1.165, 1.54) is 12.2 Å². The first-order valence-corrected chi connectivity index (χ1v) is 3.62. The monoisotopic (exact) mass is 188 g/mol. The molecule has 0 heterocycles. The van der Waals surface area contributed by atoms with Crippen LogP contribution in [0.2, 0.25) is 0 Å². The Labute approximate surface area is 75.8 Å². The third-order valence-corrected chi connectivity index (χ3v) is 1.39. The van der Waals surface area contributed by atoms with Crippen molar-refractivity contribution in [1.82, 2.24) is 0 Å². The van der Waals surface area contributed by atoms with Gasteiger partial charge in [-0.2, -0.15) is 13.2 Å². The fourth-order valence-electron chi connectivity index (χ4n) is 0.568. The summed E-state index contributed by atoms with van der Waals surface area (Å²) in [7, 11) is 0. The topological polar surface area (TPSA) is 0 Å². The minimum absolute atomic E-state index is 0.670. The molecule has 0 aliphatic heterocycles. The van der Waals surface area contributed by atoms with E-state index in [1.54, 1.807) is 6.92 Å². The first-order chi connectivity index (χ1) is 5.91. The van der Waals surface area contributed by atoms with Crippen molar-refractivity contribution in [3.63, 3.8) is 0 Å².